The molecule has 1 saturated carbocycles. The van der Waals surface area contributed by atoms with Crippen molar-refractivity contribution in [2.24, 2.45) is 5.92 Å². The molecule has 0 atom stereocenters. The highest BCUT2D eigenvalue weighted by molar-refractivity contribution is 7.23. The van der Waals surface area contributed by atoms with Crippen LogP contribution < -0.4 is 4.90 Å². The molecule has 0 bridgehead atoms. The van der Waals surface area contributed by atoms with Crippen LogP contribution in [0.3, 0.4) is 0 Å². The minimum Gasteiger partial charge on any atom is -0.337 e. The third kappa shape index (κ3) is 4.34. The molecule has 0 unspecified atom stereocenters. The summed E-state index contributed by atoms with van der Waals surface area (Å²) >= 11 is 7.91. The number of aromatic nitrogens is 3. The van der Waals surface area contributed by atoms with Gasteiger partial charge < -0.3 is 4.57 Å². The maximum Gasteiger partial charge on any atom is 0.231 e. The molecule has 3 aromatic rings. The van der Waals surface area contributed by atoms with Gasteiger partial charge in [0.15, 0.2) is 5.13 Å². The third-order valence-corrected chi connectivity index (χ3v) is 6.78. The molecular weight excluding hydrogens is 415 g/mol. The summed E-state index contributed by atoms with van der Waals surface area (Å²) < 4.78 is 3.00. The van der Waals surface area contributed by atoms with Crippen molar-refractivity contribution in [1.82, 2.24) is 14.5 Å². The molecule has 0 aliphatic heterocycles. The van der Waals surface area contributed by atoms with Gasteiger partial charge in [-0.3, -0.25) is 9.69 Å². The Bertz CT molecular complexity index is 896. The molecule has 5 nitrogen and oxygen atoms in total. The molecule has 1 aromatic carbocycles. The van der Waals surface area contributed by atoms with Gasteiger partial charge in [-0.15, -0.1) is 12.4 Å². The van der Waals surface area contributed by atoms with Gasteiger partial charge in [-0.05, 0) is 37.8 Å². The maximum atomic E-state index is 13.2. The van der Waals surface area contributed by atoms with E-state index in [1.165, 1.54) is 11.3 Å². The van der Waals surface area contributed by atoms with Crippen LogP contribution in [0.5, 0.6) is 0 Å². The summed E-state index contributed by atoms with van der Waals surface area (Å²) in [4.78, 5) is 24.0. The van der Waals surface area contributed by atoms with Gasteiger partial charge >= 0.3 is 0 Å². The Morgan fingerprint density at radius 3 is 2.82 bits per heavy atom. The number of halogens is 2. The quantitative estimate of drug-likeness (QED) is 0.510. The molecule has 2 heterocycles. The number of anilines is 1. The van der Waals surface area contributed by atoms with Gasteiger partial charge in [0.05, 0.1) is 21.6 Å². The first-order valence-corrected chi connectivity index (χ1v) is 10.7. The summed E-state index contributed by atoms with van der Waals surface area (Å²) in [6.45, 7) is 3.52. The second-order valence-corrected chi connectivity index (χ2v) is 8.55. The fourth-order valence-electron chi connectivity index (χ4n) is 3.73. The summed E-state index contributed by atoms with van der Waals surface area (Å²) in [7, 11) is 0. The van der Waals surface area contributed by atoms with Gasteiger partial charge in [0.2, 0.25) is 5.91 Å². The highest BCUT2D eigenvalue weighted by atomic mass is 35.5. The van der Waals surface area contributed by atoms with Crippen LogP contribution in [0, 0.1) is 12.8 Å². The number of aryl methyl sites for hydroxylation is 2. The number of rotatable bonds is 6. The number of hydrogen-bond donors (Lipinski definition) is 0. The lowest BCUT2D eigenvalue weighted by Gasteiger charge is -2.23. The number of carbonyl (C=O) groups excluding carboxylic acids is 1. The van der Waals surface area contributed by atoms with Gasteiger partial charge in [0.1, 0.15) is 0 Å². The Hall–Kier alpha value is -1.63. The highest BCUT2D eigenvalue weighted by Crippen LogP contribution is 2.37. The minimum absolute atomic E-state index is 0. The molecule has 8 heteroatoms. The molecule has 2 aromatic heterocycles. The lowest BCUT2D eigenvalue weighted by Crippen LogP contribution is -2.36. The monoisotopic (exact) mass is 438 g/mol. The first kappa shape index (κ1) is 21.1. The SMILES string of the molecule is Cc1ccc(Cl)c2sc(N(CCCn3ccnc3)C(=O)C3CCCC3)nc12.Cl. The van der Waals surface area contributed by atoms with E-state index in [-0.39, 0.29) is 24.2 Å². The van der Waals surface area contributed by atoms with Gasteiger partial charge in [-0.25, -0.2) is 9.97 Å². The van der Waals surface area contributed by atoms with E-state index in [9.17, 15) is 4.79 Å². The third-order valence-electron chi connectivity index (χ3n) is 5.24. The van der Waals surface area contributed by atoms with Crippen molar-refractivity contribution in [3.8, 4) is 0 Å². The average Bonchev–Trinajstić information content (AvgIpc) is 3.42. The summed E-state index contributed by atoms with van der Waals surface area (Å²) in [5.41, 5.74) is 1.99. The zero-order valence-corrected chi connectivity index (χ0v) is 18.2. The van der Waals surface area contributed by atoms with Crippen molar-refractivity contribution in [3.63, 3.8) is 0 Å². The Kier molecular flexibility index (Phi) is 6.96. The van der Waals surface area contributed by atoms with Crippen molar-refractivity contribution < 1.29 is 4.79 Å². The zero-order chi connectivity index (χ0) is 18.8. The normalized spacial score (nSPS) is 14.4. The van der Waals surface area contributed by atoms with Crippen LogP contribution in [0.4, 0.5) is 5.13 Å². The Balaban J connectivity index is 0.00000225. The average molecular weight is 439 g/mol. The van der Waals surface area contributed by atoms with Crippen molar-refractivity contribution in [2.45, 2.75) is 45.6 Å². The van der Waals surface area contributed by atoms with Gasteiger partial charge in [0.25, 0.3) is 0 Å². The zero-order valence-electron chi connectivity index (χ0n) is 15.8. The molecule has 28 heavy (non-hydrogen) atoms. The van der Waals surface area contributed by atoms with Crippen LogP contribution in [0.1, 0.15) is 37.7 Å². The Morgan fingerprint density at radius 1 is 1.36 bits per heavy atom. The first-order valence-electron chi connectivity index (χ1n) is 9.46. The Morgan fingerprint density at radius 2 is 2.14 bits per heavy atom. The van der Waals surface area contributed by atoms with Crippen LogP contribution in [0.15, 0.2) is 30.9 Å². The Labute approximate surface area is 180 Å². The molecule has 150 valence electrons. The molecule has 0 spiro atoms. The predicted octanol–water partition coefficient (Wildman–Crippen LogP) is 5.49. The van der Waals surface area contributed by atoms with Crippen molar-refractivity contribution in [3.05, 3.63) is 41.4 Å². The van der Waals surface area contributed by atoms with E-state index in [0.29, 0.717) is 11.6 Å². The molecular formula is C20H24Cl2N4OS. The summed E-state index contributed by atoms with van der Waals surface area (Å²) in [6, 6.07) is 3.89. The fourth-order valence-corrected chi connectivity index (χ4v) is 5.08. The molecule has 4 rings (SSSR count). The molecule has 0 saturated heterocycles. The molecule has 0 radical (unpaired) electrons. The van der Waals surface area contributed by atoms with Crippen LogP contribution in [0.25, 0.3) is 10.2 Å². The molecule has 1 amide bonds. The second kappa shape index (κ2) is 9.25. The van der Waals surface area contributed by atoms with E-state index in [4.69, 9.17) is 16.6 Å². The minimum atomic E-state index is 0. The van der Waals surface area contributed by atoms with E-state index in [1.54, 1.807) is 6.20 Å². The molecule has 1 fully saturated rings. The topological polar surface area (TPSA) is 51.0 Å². The molecule has 1 aliphatic carbocycles. The van der Waals surface area contributed by atoms with E-state index in [1.807, 2.05) is 41.0 Å². The molecule has 0 N–H and O–H groups in total. The van der Waals surface area contributed by atoms with E-state index in [0.717, 1.165) is 59.6 Å². The van der Waals surface area contributed by atoms with E-state index in [2.05, 4.69) is 4.98 Å². The number of imidazole rings is 1. The number of nitrogens with zero attached hydrogens (tertiary/aromatic N) is 4. The standard InChI is InChI=1S/C20H23ClN4OS.ClH/c1-14-7-8-16(21)18-17(14)23-20(27-18)25(19(26)15-5-2-3-6-15)11-4-10-24-12-9-22-13-24;/h7-9,12-13,15H,2-6,10-11H2,1H3;1H. The summed E-state index contributed by atoms with van der Waals surface area (Å²) in [6.07, 6.45) is 10.7. The van der Waals surface area contributed by atoms with E-state index >= 15 is 0 Å². The van der Waals surface area contributed by atoms with Gasteiger partial charge in [0, 0.05) is 31.4 Å². The highest BCUT2D eigenvalue weighted by Gasteiger charge is 2.29. The van der Waals surface area contributed by atoms with Crippen molar-refractivity contribution >= 4 is 56.6 Å². The van der Waals surface area contributed by atoms with Crippen LogP contribution in [-0.4, -0.2) is 27.0 Å². The van der Waals surface area contributed by atoms with Crippen LogP contribution in [-0.2, 0) is 11.3 Å². The molecule has 1 aliphatic rings. The largest absolute Gasteiger partial charge is 0.337 e. The van der Waals surface area contributed by atoms with Gasteiger partial charge in [-0.1, -0.05) is 41.8 Å². The number of fused-ring (bicyclic) bond motifs is 1. The van der Waals surface area contributed by atoms with E-state index < -0.39 is 0 Å². The summed E-state index contributed by atoms with van der Waals surface area (Å²) in [5.74, 6) is 0.341. The van der Waals surface area contributed by atoms with Crippen molar-refractivity contribution in [2.75, 3.05) is 11.4 Å². The van der Waals surface area contributed by atoms with Crippen LogP contribution in [0.2, 0.25) is 5.02 Å². The first-order chi connectivity index (χ1) is 13.1. The lowest BCUT2D eigenvalue weighted by molar-refractivity contribution is -0.122. The number of thiazole rings is 1. The fraction of sp³-hybridized carbons (Fsp3) is 0.450. The summed E-state index contributed by atoms with van der Waals surface area (Å²) in [5, 5.41) is 1.47. The maximum absolute atomic E-state index is 13.2. The number of hydrogen-bond acceptors (Lipinski definition) is 4. The number of benzene rings is 1. The van der Waals surface area contributed by atoms with Gasteiger partial charge in [-0.2, -0.15) is 0 Å². The second-order valence-electron chi connectivity index (χ2n) is 7.16. The van der Waals surface area contributed by atoms with Crippen LogP contribution >= 0.6 is 35.3 Å². The predicted molar refractivity (Wildman–Crippen MR) is 118 cm³/mol. The lowest BCUT2D eigenvalue weighted by atomic mass is 10.1. The number of carbonyl (C=O) groups is 1. The smallest absolute Gasteiger partial charge is 0.231 e. The number of amides is 1. The van der Waals surface area contributed by atoms with Crippen molar-refractivity contribution in [1.29, 1.82) is 0 Å².